The average molecular weight is 474 g/mol. The average Bonchev–Trinajstić information content (AvgIpc) is 3.22. The van der Waals surface area contributed by atoms with Crippen LogP contribution in [0.15, 0.2) is 39.9 Å². The first kappa shape index (κ1) is 21.9. The topological polar surface area (TPSA) is 73.8 Å². The fraction of sp³-hybridized carbons (Fsp3) is 0.273. The molecule has 0 atom stereocenters. The Bertz CT molecular complexity index is 1170. The maximum absolute atomic E-state index is 12.7. The molecule has 2 aromatic rings. The molecule has 0 aliphatic carbocycles. The van der Waals surface area contributed by atoms with Crippen molar-refractivity contribution >= 4 is 63.0 Å². The molecule has 0 bridgehead atoms. The summed E-state index contributed by atoms with van der Waals surface area (Å²) in [5.74, 6) is -0.379. The van der Waals surface area contributed by atoms with Crippen molar-refractivity contribution < 1.29 is 4.79 Å². The second kappa shape index (κ2) is 8.65. The number of carbonyl (C=O) groups excluding carboxylic acids is 1. The molecule has 31 heavy (non-hydrogen) atoms. The molecule has 2 aliphatic rings. The largest absolute Gasteiger partial charge is 0.318 e. The summed E-state index contributed by atoms with van der Waals surface area (Å²) in [6.07, 6.45) is 4.60. The monoisotopic (exact) mass is 473 g/mol. The molecule has 3 heterocycles. The number of hydrogen-bond donors (Lipinski definition) is 1. The number of amidine groups is 2. The van der Waals surface area contributed by atoms with Crippen LogP contribution in [0, 0.1) is 19.3 Å². The molecule has 4 rings (SSSR count). The molecular weight excluding hydrogens is 453 g/mol. The number of nitrogens with zero attached hydrogens (tertiary/aromatic N) is 4. The summed E-state index contributed by atoms with van der Waals surface area (Å²) >= 11 is 13.7. The third kappa shape index (κ3) is 4.22. The number of amides is 1. The SMILES string of the molecule is CCCCC1=NN2C(=N)/C(=C/c3cc(C)n(-c4cc(Cl)cc(Cl)c4)c3C)C(=O)N=C2S1. The minimum atomic E-state index is -0.425. The first-order valence-electron chi connectivity index (χ1n) is 9.93. The fourth-order valence-electron chi connectivity index (χ4n) is 3.62. The molecule has 6 nitrogen and oxygen atoms in total. The standard InChI is InChI=1S/C22H21Cl2N5OS/c1-4-5-6-19-27-29-20(25)18(21(30)26-22(29)31-19)8-14-7-12(2)28(13(14)3)17-10-15(23)9-16(24)11-17/h7-11,25H,4-6H2,1-3H3/b18-8-,25-20?. The highest BCUT2D eigenvalue weighted by Crippen LogP contribution is 2.32. The van der Waals surface area contributed by atoms with Crippen molar-refractivity contribution in [3.05, 3.63) is 56.8 Å². The normalized spacial score (nSPS) is 17.3. The molecule has 0 saturated heterocycles. The quantitative estimate of drug-likeness (QED) is 0.524. The summed E-state index contributed by atoms with van der Waals surface area (Å²) in [4.78, 5) is 16.9. The molecule has 0 radical (unpaired) electrons. The number of unbranched alkanes of at least 4 members (excludes halogenated alkanes) is 1. The number of carbonyl (C=O) groups is 1. The maximum atomic E-state index is 12.7. The van der Waals surface area contributed by atoms with Gasteiger partial charge in [0.2, 0.25) is 5.17 Å². The summed E-state index contributed by atoms with van der Waals surface area (Å²) in [6.45, 7) is 6.03. The predicted molar refractivity (Wildman–Crippen MR) is 130 cm³/mol. The highest BCUT2D eigenvalue weighted by Gasteiger charge is 2.35. The molecule has 1 amide bonds. The van der Waals surface area contributed by atoms with Crippen LogP contribution >= 0.6 is 35.0 Å². The minimum absolute atomic E-state index is 0.0459. The number of nitrogens with one attached hydrogen (secondary N) is 1. The second-order valence-electron chi connectivity index (χ2n) is 7.41. The maximum Gasteiger partial charge on any atom is 0.283 e. The van der Waals surface area contributed by atoms with Crippen LogP contribution in [-0.2, 0) is 4.79 Å². The fourth-order valence-corrected chi connectivity index (χ4v) is 5.06. The zero-order valence-corrected chi connectivity index (χ0v) is 19.7. The number of hydrogen-bond acceptors (Lipinski definition) is 4. The van der Waals surface area contributed by atoms with Crippen LogP contribution in [0.2, 0.25) is 10.0 Å². The number of fused-ring (bicyclic) bond motifs is 1. The van der Waals surface area contributed by atoms with Gasteiger partial charge in [-0.1, -0.05) is 36.5 Å². The molecule has 0 fully saturated rings. The molecule has 0 spiro atoms. The van der Waals surface area contributed by atoms with E-state index >= 15 is 0 Å². The van der Waals surface area contributed by atoms with E-state index in [1.54, 1.807) is 12.1 Å². The van der Waals surface area contributed by atoms with Crippen LogP contribution in [0.1, 0.15) is 43.1 Å². The molecule has 9 heteroatoms. The lowest BCUT2D eigenvalue weighted by Crippen LogP contribution is -2.35. The smallest absolute Gasteiger partial charge is 0.283 e. The van der Waals surface area contributed by atoms with Gasteiger partial charge in [0, 0.05) is 27.1 Å². The summed E-state index contributed by atoms with van der Waals surface area (Å²) in [7, 11) is 0. The number of rotatable bonds is 5. The molecule has 1 aromatic heterocycles. The summed E-state index contributed by atoms with van der Waals surface area (Å²) in [5, 5.41) is 17.0. The van der Waals surface area contributed by atoms with E-state index in [2.05, 4.69) is 17.0 Å². The first-order valence-corrected chi connectivity index (χ1v) is 11.5. The molecule has 160 valence electrons. The van der Waals surface area contributed by atoms with E-state index < -0.39 is 5.91 Å². The van der Waals surface area contributed by atoms with Crippen LogP contribution in [-0.4, -0.2) is 31.5 Å². The highest BCUT2D eigenvalue weighted by molar-refractivity contribution is 8.26. The summed E-state index contributed by atoms with van der Waals surface area (Å²) < 4.78 is 2.02. The Labute approximate surface area is 195 Å². The molecule has 1 N–H and O–H groups in total. The lowest BCUT2D eigenvalue weighted by molar-refractivity contribution is -0.114. The van der Waals surface area contributed by atoms with Crippen molar-refractivity contribution in [2.45, 2.75) is 40.0 Å². The number of halogens is 2. The van der Waals surface area contributed by atoms with Gasteiger partial charge in [-0.15, -0.1) is 0 Å². The molecule has 1 aromatic carbocycles. The van der Waals surface area contributed by atoms with Gasteiger partial charge < -0.3 is 4.57 Å². The van der Waals surface area contributed by atoms with Crippen LogP contribution in [0.3, 0.4) is 0 Å². The van der Waals surface area contributed by atoms with Gasteiger partial charge in [-0.05, 0) is 74.4 Å². The van der Waals surface area contributed by atoms with Crippen molar-refractivity contribution in [2.75, 3.05) is 0 Å². The van der Waals surface area contributed by atoms with Gasteiger partial charge in [0.25, 0.3) is 5.91 Å². The van der Waals surface area contributed by atoms with Crippen molar-refractivity contribution in [3.63, 3.8) is 0 Å². The number of benzene rings is 1. The van der Waals surface area contributed by atoms with Gasteiger partial charge in [0.15, 0.2) is 5.84 Å². The van der Waals surface area contributed by atoms with Crippen molar-refractivity contribution in [2.24, 2.45) is 10.1 Å². The second-order valence-corrected chi connectivity index (χ2v) is 9.32. The Morgan fingerprint density at radius 1 is 1.16 bits per heavy atom. The van der Waals surface area contributed by atoms with E-state index in [9.17, 15) is 4.79 Å². The minimum Gasteiger partial charge on any atom is -0.318 e. The lowest BCUT2D eigenvalue weighted by Gasteiger charge is -2.20. The lowest BCUT2D eigenvalue weighted by atomic mass is 10.1. The Balaban J connectivity index is 1.70. The van der Waals surface area contributed by atoms with E-state index in [1.165, 1.54) is 16.8 Å². The van der Waals surface area contributed by atoms with Crippen LogP contribution in [0.4, 0.5) is 0 Å². The number of aryl methyl sites for hydroxylation is 1. The number of hydrazone groups is 1. The van der Waals surface area contributed by atoms with Gasteiger partial charge in [-0.3, -0.25) is 10.2 Å². The van der Waals surface area contributed by atoms with Crippen LogP contribution in [0.25, 0.3) is 11.8 Å². The number of aliphatic imine (C=N–C) groups is 1. The van der Waals surface area contributed by atoms with Crippen LogP contribution in [0.5, 0.6) is 0 Å². The van der Waals surface area contributed by atoms with Gasteiger partial charge in [0.1, 0.15) is 5.04 Å². The van der Waals surface area contributed by atoms with Crippen molar-refractivity contribution in [1.82, 2.24) is 9.58 Å². The van der Waals surface area contributed by atoms with Gasteiger partial charge >= 0.3 is 0 Å². The van der Waals surface area contributed by atoms with Crippen LogP contribution < -0.4 is 0 Å². The zero-order valence-electron chi connectivity index (χ0n) is 17.4. The Morgan fingerprint density at radius 2 is 1.87 bits per heavy atom. The first-order chi connectivity index (χ1) is 14.8. The molecule has 0 saturated carbocycles. The van der Waals surface area contributed by atoms with E-state index in [4.69, 9.17) is 28.6 Å². The summed E-state index contributed by atoms with van der Waals surface area (Å²) in [5.41, 5.74) is 3.74. The third-order valence-electron chi connectivity index (χ3n) is 5.12. The Hall–Kier alpha value is -2.35. The zero-order chi connectivity index (χ0) is 22.3. The highest BCUT2D eigenvalue weighted by atomic mass is 35.5. The molecule has 0 unspecified atom stereocenters. The van der Waals surface area contributed by atoms with E-state index in [1.807, 2.05) is 36.6 Å². The van der Waals surface area contributed by atoms with Gasteiger partial charge in [-0.2, -0.15) is 15.1 Å². The van der Waals surface area contributed by atoms with E-state index in [-0.39, 0.29) is 11.4 Å². The van der Waals surface area contributed by atoms with Gasteiger partial charge in [0.05, 0.1) is 5.57 Å². The number of aromatic nitrogens is 1. The predicted octanol–water partition coefficient (Wildman–Crippen LogP) is 6.21. The Kier molecular flexibility index (Phi) is 6.10. The Morgan fingerprint density at radius 3 is 2.55 bits per heavy atom. The third-order valence-corrected chi connectivity index (χ3v) is 6.52. The van der Waals surface area contributed by atoms with E-state index in [0.29, 0.717) is 15.2 Å². The molecule has 2 aliphatic heterocycles. The van der Waals surface area contributed by atoms with Gasteiger partial charge in [-0.25, -0.2) is 0 Å². The van der Waals surface area contributed by atoms with Crippen molar-refractivity contribution in [1.29, 1.82) is 5.41 Å². The molecular formula is C22H21Cl2N5OS. The van der Waals surface area contributed by atoms with Crippen molar-refractivity contribution in [3.8, 4) is 5.69 Å². The number of thioether (sulfide) groups is 1. The van der Waals surface area contributed by atoms with E-state index in [0.717, 1.165) is 46.9 Å². The summed E-state index contributed by atoms with van der Waals surface area (Å²) in [6, 6.07) is 7.32.